The molecule has 5 rings (SSSR count). The summed E-state index contributed by atoms with van der Waals surface area (Å²) in [4.78, 5) is 27.8. The van der Waals surface area contributed by atoms with Crippen LogP contribution in [0.4, 0.5) is 5.13 Å². The van der Waals surface area contributed by atoms with Crippen molar-refractivity contribution in [1.29, 1.82) is 0 Å². The van der Waals surface area contributed by atoms with Gasteiger partial charge in [0.2, 0.25) is 5.13 Å². The number of anilines is 1. The Labute approximate surface area is 216 Å². The summed E-state index contributed by atoms with van der Waals surface area (Å²) in [6, 6.07) is 16.2. The van der Waals surface area contributed by atoms with Crippen molar-refractivity contribution in [1.82, 2.24) is 10.2 Å². The lowest BCUT2D eigenvalue weighted by atomic mass is 9.96. The number of hydrogen-bond donors (Lipinski definition) is 1. The van der Waals surface area contributed by atoms with Crippen LogP contribution in [-0.4, -0.2) is 27.0 Å². The molecule has 1 unspecified atom stereocenters. The number of amides is 1. The van der Waals surface area contributed by atoms with Gasteiger partial charge in [-0.1, -0.05) is 70.6 Å². The largest absolute Gasteiger partial charge is 0.507 e. The molecule has 0 bridgehead atoms. The van der Waals surface area contributed by atoms with E-state index >= 15 is 0 Å². The summed E-state index contributed by atoms with van der Waals surface area (Å²) in [5, 5.41) is 20.0. The van der Waals surface area contributed by atoms with Crippen LogP contribution in [0, 0.1) is 20.8 Å². The van der Waals surface area contributed by atoms with Crippen LogP contribution in [0.25, 0.3) is 5.76 Å². The maximum absolute atomic E-state index is 13.3. The lowest BCUT2D eigenvalue weighted by molar-refractivity contribution is -0.132. The molecule has 0 saturated carbocycles. The fourth-order valence-electron chi connectivity index (χ4n) is 4.07. The Kier molecular flexibility index (Phi) is 6.51. The fourth-order valence-corrected chi connectivity index (χ4v) is 5.89. The van der Waals surface area contributed by atoms with Crippen LogP contribution in [0.3, 0.4) is 0 Å². The normalized spacial score (nSPS) is 17.2. The predicted molar refractivity (Wildman–Crippen MR) is 140 cm³/mol. The van der Waals surface area contributed by atoms with Gasteiger partial charge in [0.25, 0.3) is 5.78 Å². The third-order valence-electron chi connectivity index (χ3n) is 5.99. The number of carbonyl (C=O) groups excluding carboxylic acids is 2. The number of ketones is 1. The molecule has 182 valence electrons. The van der Waals surface area contributed by atoms with E-state index in [9.17, 15) is 14.7 Å². The number of furan rings is 1. The lowest BCUT2D eigenvalue weighted by Crippen LogP contribution is -2.29. The van der Waals surface area contributed by atoms with Crippen LogP contribution >= 0.6 is 23.1 Å². The average Bonchev–Trinajstić information content (AvgIpc) is 3.61. The molecular formula is C27H23N3O4S2. The highest BCUT2D eigenvalue weighted by atomic mass is 32.2. The van der Waals surface area contributed by atoms with E-state index in [1.165, 1.54) is 39.8 Å². The zero-order valence-corrected chi connectivity index (χ0v) is 21.5. The number of Topliss-reactive ketones (excluding diaryl/α,β-unsaturated/α-hetero) is 1. The van der Waals surface area contributed by atoms with Crippen molar-refractivity contribution in [2.75, 3.05) is 4.90 Å². The van der Waals surface area contributed by atoms with Gasteiger partial charge in [-0.15, -0.1) is 10.2 Å². The molecule has 1 N–H and O–H groups in total. The van der Waals surface area contributed by atoms with Gasteiger partial charge in [-0.3, -0.25) is 14.5 Å². The number of nitrogens with zero attached hydrogens (tertiary/aromatic N) is 3. The number of aliphatic hydroxyl groups excluding tert-OH is 1. The van der Waals surface area contributed by atoms with Gasteiger partial charge in [0, 0.05) is 11.3 Å². The van der Waals surface area contributed by atoms with Crippen LogP contribution in [-0.2, 0) is 15.3 Å². The SMILES string of the molecule is Cc1ccc(CSc2nnc(N3C(=O)C(=O)/C(=C(/O)c4cc(C)ccc4C)C3c3ccco3)s2)cc1. The first-order valence-electron chi connectivity index (χ1n) is 11.3. The van der Waals surface area contributed by atoms with Gasteiger partial charge < -0.3 is 9.52 Å². The van der Waals surface area contributed by atoms with Gasteiger partial charge in [-0.25, -0.2) is 0 Å². The molecule has 0 radical (unpaired) electrons. The van der Waals surface area contributed by atoms with Crippen molar-refractivity contribution < 1.29 is 19.1 Å². The van der Waals surface area contributed by atoms with Crippen molar-refractivity contribution in [3.05, 3.63) is 100 Å². The van der Waals surface area contributed by atoms with E-state index in [-0.39, 0.29) is 16.5 Å². The maximum atomic E-state index is 13.3. The molecule has 1 amide bonds. The number of thioether (sulfide) groups is 1. The molecule has 2 aromatic carbocycles. The zero-order valence-electron chi connectivity index (χ0n) is 19.9. The second kappa shape index (κ2) is 9.75. The molecule has 1 saturated heterocycles. The summed E-state index contributed by atoms with van der Waals surface area (Å²) in [6.07, 6.45) is 1.47. The van der Waals surface area contributed by atoms with Gasteiger partial charge in [0.15, 0.2) is 4.34 Å². The zero-order chi connectivity index (χ0) is 25.4. The maximum Gasteiger partial charge on any atom is 0.302 e. The summed E-state index contributed by atoms with van der Waals surface area (Å²) in [7, 11) is 0. The molecule has 2 aromatic heterocycles. The minimum atomic E-state index is -0.956. The monoisotopic (exact) mass is 517 g/mol. The number of carbonyl (C=O) groups is 2. The average molecular weight is 518 g/mol. The van der Waals surface area contributed by atoms with E-state index < -0.39 is 17.7 Å². The first-order chi connectivity index (χ1) is 17.3. The summed E-state index contributed by atoms with van der Waals surface area (Å²) in [5.74, 6) is -0.766. The van der Waals surface area contributed by atoms with Crippen LogP contribution < -0.4 is 4.90 Å². The second-order valence-corrected chi connectivity index (χ2v) is 10.8. The smallest absolute Gasteiger partial charge is 0.302 e. The summed E-state index contributed by atoms with van der Waals surface area (Å²) in [6.45, 7) is 5.78. The molecule has 4 aromatic rings. The minimum absolute atomic E-state index is 0.0345. The molecule has 1 fully saturated rings. The van der Waals surface area contributed by atoms with Gasteiger partial charge in [0.1, 0.15) is 17.6 Å². The Morgan fingerprint density at radius 2 is 1.81 bits per heavy atom. The van der Waals surface area contributed by atoms with Crippen LogP contribution in [0.5, 0.6) is 0 Å². The van der Waals surface area contributed by atoms with Crippen LogP contribution in [0.2, 0.25) is 0 Å². The summed E-state index contributed by atoms with van der Waals surface area (Å²) in [5.41, 5.74) is 4.50. The third-order valence-corrected chi connectivity index (χ3v) is 8.12. The van der Waals surface area contributed by atoms with Crippen molar-refractivity contribution >= 4 is 45.7 Å². The van der Waals surface area contributed by atoms with E-state index in [2.05, 4.69) is 34.5 Å². The van der Waals surface area contributed by atoms with Crippen molar-refractivity contribution in [3.63, 3.8) is 0 Å². The first kappa shape index (κ1) is 24.0. The van der Waals surface area contributed by atoms with E-state index in [0.29, 0.717) is 21.4 Å². The Morgan fingerprint density at radius 3 is 2.53 bits per heavy atom. The molecule has 1 aliphatic rings. The van der Waals surface area contributed by atoms with Crippen LogP contribution in [0.15, 0.2) is 75.2 Å². The summed E-state index contributed by atoms with van der Waals surface area (Å²) >= 11 is 2.73. The van der Waals surface area contributed by atoms with Gasteiger partial charge in [-0.05, 0) is 50.1 Å². The highest BCUT2D eigenvalue weighted by Crippen LogP contribution is 2.44. The molecule has 1 atom stereocenters. The van der Waals surface area contributed by atoms with E-state index in [0.717, 1.165) is 16.7 Å². The lowest BCUT2D eigenvalue weighted by Gasteiger charge is -2.20. The molecule has 0 spiro atoms. The number of aromatic nitrogens is 2. The molecule has 36 heavy (non-hydrogen) atoms. The van der Waals surface area contributed by atoms with E-state index in [1.54, 1.807) is 18.2 Å². The van der Waals surface area contributed by atoms with Gasteiger partial charge in [0.05, 0.1) is 11.8 Å². The Balaban J connectivity index is 1.52. The minimum Gasteiger partial charge on any atom is -0.507 e. The predicted octanol–water partition coefficient (Wildman–Crippen LogP) is 5.97. The topological polar surface area (TPSA) is 96.5 Å². The van der Waals surface area contributed by atoms with Crippen LogP contribution in [0.1, 0.15) is 39.6 Å². The number of benzene rings is 2. The first-order valence-corrected chi connectivity index (χ1v) is 13.1. The number of rotatable bonds is 6. The Hall–Kier alpha value is -3.69. The number of aryl methyl sites for hydroxylation is 3. The molecule has 1 aliphatic heterocycles. The number of aliphatic hydroxyl groups is 1. The van der Waals surface area contributed by atoms with E-state index in [4.69, 9.17) is 4.42 Å². The quantitative estimate of drug-likeness (QED) is 0.111. The second-order valence-electron chi connectivity index (χ2n) is 8.63. The molecule has 3 heterocycles. The van der Waals surface area contributed by atoms with Crippen molar-refractivity contribution in [2.45, 2.75) is 36.9 Å². The van der Waals surface area contributed by atoms with Gasteiger partial charge in [-0.2, -0.15) is 0 Å². The highest BCUT2D eigenvalue weighted by molar-refractivity contribution is 8.00. The standard InChI is InChI=1S/C27H23N3O4S2/c1-15-7-10-18(11-8-15)14-35-27-29-28-26(36-27)30-22(20-5-4-12-34-20)21(24(32)25(30)33)23(31)19-13-16(2)6-9-17(19)3/h4-13,22,31H,14H2,1-3H3/b23-21+. The third kappa shape index (κ3) is 4.47. The van der Waals surface area contributed by atoms with Crippen molar-refractivity contribution in [2.24, 2.45) is 0 Å². The Morgan fingerprint density at radius 1 is 1.06 bits per heavy atom. The molecule has 7 nitrogen and oxygen atoms in total. The number of hydrogen-bond acceptors (Lipinski definition) is 8. The molecular weight excluding hydrogens is 494 g/mol. The van der Waals surface area contributed by atoms with E-state index in [1.807, 2.05) is 32.9 Å². The van der Waals surface area contributed by atoms with Crippen molar-refractivity contribution in [3.8, 4) is 0 Å². The summed E-state index contributed by atoms with van der Waals surface area (Å²) < 4.78 is 6.28. The fraction of sp³-hybridized carbons (Fsp3) is 0.185. The molecule has 0 aliphatic carbocycles. The van der Waals surface area contributed by atoms with Gasteiger partial charge >= 0.3 is 5.91 Å². The Bertz CT molecular complexity index is 1470. The highest BCUT2D eigenvalue weighted by Gasteiger charge is 2.49. The molecule has 9 heteroatoms.